The molecule has 2 heterocycles. The Kier molecular flexibility index (Phi) is 4.96. The summed E-state index contributed by atoms with van der Waals surface area (Å²) >= 11 is 5.57. The predicted octanol–water partition coefficient (Wildman–Crippen LogP) is 5.82. The van der Waals surface area contributed by atoms with E-state index in [2.05, 4.69) is 53.8 Å². The Morgan fingerprint density at radius 1 is 1.19 bits per heavy atom. The van der Waals surface area contributed by atoms with E-state index in [9.17, 15) is 4.79 Å². The van der Waals surface area contributed by atoms with Crippen LogP contribution in [0.1, 0.15) is 15.9 Å². The highest BCUT2D eigenvalue weighted by Gasteiger charge is 2.14. The standard InChI is InChI=1S/C20H13BrIN3O2/c1-11-4-5-12(20-25-18-17(27-20)3-2-8-23-18)9-16(11)24-19(26)14-10-13(21)6-7-15(14)22/h2-10H,1H3,(H,24,26). The minimum atomic E-state index is -0.166. The first-order valence-electron chi connectivity index (χ1n) is 8.10. The quantitative estimate of drug-likeness (QED) is 0.337. The molecule has 0 saturated heterocycles. The molecule has 1 N–H and O–H groups in total. The molecule has 1 amide bonds. The summed E-state index contributed by atoms with van der Waals surface area (Å²) in [6, 6.07) is 15.0. The number of aryl methyl sites for hydroxylation is 1. The number of carbonyl (C=O) groups is 1. The number of aromatic nitrogens is 2. The number of nitrogens with zero attached hydrogens (tertiary/aromatic N) is 2. The Bertz CT molecular complexity index is 1140. The maximum atomic E-state index is 12.7. The second kappa shape index (κ2) is 7.40. The van der Waals surface area contributed by atoms with Gasteiger partial charge in [-0.3, -0.25) is 4.79 Å². The fraction of sp³-hybridized carbons (Fsp3) is 0.0500. The van der Waals surface area contributed by atoms with Crippen LogP contribution in [0.25, 0.3) is 22.7 Å². The van der Waals surface area contributed by atoms with Gasteiger partial charge in [-0.2, -0.15) is 4.98 Å². The Labute approximate surface area is 177 Å². The topological polar surface area (TPSA) is 68.0 Å². The van der Waals surface area contributed by atoms with Gasteiger partial charge in [-0.25, -0.2) is 4.98 Å². The molecule has 134 valence electrons. The summed E-state index contributed by atoms with van der Waals surface area (Å²) in [6.45, 7) is 1.94. The van der Waals surface area contributed by atoms with Crippen LogP contribution in [-0.2, 0) is 0 Å². The molecule has 0 aliphatic carbocycles. The molecular formula is C20H13BrIN3O2. The molecule has 0 aliphatic heterocycles. The van der Waals surface area contributed by atoms with E-state index in [4.69, 9.17) is 4.42 Å². The molecule has 0 spiro atoms. The van der Waals surface area contributed by atoms with Gasteiger partial charge >= 0.3 is 0 Å². The van der Waals surface area contributed by atoms with Crippen LogP contribution in [0.2, 0.25) is 0 Å². The molecule has 4 rings (SSSR count). The lowest BCUT2D eigenvalue weighted by atomic mass is 10.1. The smallest absolute Gasteiger partial charge is 0.256 e. The lowest BCUT2D eigenvalue weighted by Crippen LogP contribution is -2.14. The molecule has 0 unspecified atom stereocenters. The molecule has 0 saturated carbocycles. The average molecular weight is 534 g/mol. The largest absolute Gasteiger partial charge is 0.434 e. The number of amides is 1. The van der Waals surface area contributed by atoms with Crippen LogP contribution >= 0.6 is 38.5 Å². The van der Waals surface area contributed by atoms with E-state index in [1.807, 2.05) is 49.4 Å². The lowest BCUT2D eigenvalue weighted by molar-refractivity contribution is 0.102. The third-order valence-electron chi connectivity index (χ3n) is 4.07. The second-order valence-electron chi connectivity index (χ2n) is 5.95. The molecule has 0 atom stereocenters. The van der Waals surface area contributed by atoms with Crippen molar-refractivity contribution in [2.75, 3.05) is 5.32 Å². The van der Waals surface area contributed by atoms with Gasteiger partial charge in [-0.05, 0) is 77.5 Å². The number of oxazole rings is 1. The predicted molar refractivity (Wildman–Crippen MR) is 117 cm³/mol. The number of benzene rings is 2. The molecule has 2 aromatic heterocycles. The first-order chi connectivity index (χ1) is 13.0. The van der Waals surface area contributed by atoms with Crippen molar-refractivity contribution in [3.05, 3.63) is 73.9 Å². The van der Waals surface area contributed by atoms with Gasteiger partial charge in [-0.15, -0.1) is 0 Å². The summed E-state index contributed by atoms with van der Waals surface area (Å²) in [5.41, 5.74) is 4.23. The van der Waals surface area contributed by atoms with Crippen LogP contribution in [-0.4, -0.2) is 15.9 Å². The van der Waals surface area contributed by atoms with Crippen LogP contribution in [0.15, 0.2) is 63.6 Å². The highest BCUT2D eigenvalue weighted by Crippen LogP contribution is 2.28. The van der Waals surface area contributed by atoms with Crippen molar-refractivity contribution >= 4 is 61.3 Å². The first kappa shape index (κ1) is 18.1. The summed E-state index contributed by atoms with van der Waals surface area (Å²) in [7, 11) is 0. The molecule has 0 radical (unpaired) electrons. The van der Waals surface area contributed by atoms with E-state index in [0.29, 0.717) is 28.4 Å². The average Bonchev–Trinajstić information content (AvgIpc) is 3.09. The van der Waals surface area contributed by atoms with Gasteiger partial charge < -0.3 is 9.73 Å². The monoisotopic (exact) mass is 533 g/mol. The lowest BCUT2D eigenvalue weighted by Gasteiger charge is -2.11. The number of carbonyl (C=O) groups excluding carboxylic acids is 1. The van der Waals surface area contributed by atoms with Crippen molar-refractivity contribution in [1.82, 2.24) is 9.97 Å². The number of pyridine rings is 1. The number of rotatable bonds is 3. The van der Waals surface area contributed by atoms with Crippen molar-refractivity contribution in [2.24, 2.45) is 0 Å². The summed E-state index contributed by atoms with van der Waals surface area (Å²) < 4.78 is 7.52. The van der Waals surface area contributed by atoms with Crippen molar-refractivity contribution in [1.29, 1.82) is 0 Å². The Morgan fingerprint density at radius 2 is 2.04 bits per heavy atom. The summed E-state index contributed by atoms with van der Waals surface area (Å²) in [5.74, 6) is 0.302. The second-order valence-corrected chi connectivity index (χ2v) is 8.03. The van der Waals surface area contributed by atoms with Crippen LogP contribution in [0.5, 0.6) is 0 Å². The fourth-order valence-electron chi connectivity index (χ4n) is 2.64. The normalized spacial score (nSPS) is 10.9. The number of anilines is 1. The SMILES string of the molecule is Cc1ccc(-c2nc3ncccc3o2)cc1NC(=O)c1cc(Br)ccc1I. The number of hydrogen-bond donors (Lipinski definition) is 1. The van der Waals surface area contributed by atoms with Crippen LogP contribution in [0, 0.1) is 10.5 Å². The van der Waals surface area contributed by atoms with Gasteiger partial charge in [-0.1, -0.05) is 22.0 Å². The van der Waals surface area contributed by atoms with E-state index in [-0.39, 0.29) is 5.91 Å². The highest BCUT2D eigenvalue weighted by atomic mass is 127. The van der Waals surface area contributed by atoms with Crippen molar-refractivity contribution in [3.63, 3.8) is 0 Å². The van der Waals surface area contributed by atoms with Gasteiger partial charge in [0.1, 0.15) is 0 Å². The summed E-state index contributed by atoms with van der Waals surface area (Å²) in [4.78, 5) is 21.4. The maximum Gasteiger partial charge on any atom is 0.256 e. The molecule has 4 aromatic rings. The van der Waals surface area contributed by atoms with Crippen LogP contribution < -0.4 is 5.32 Å². The maximum absolute atomic E-state index is 12.7. The molecule has 2 aromatic carbocycles. The number of fused-ring (bicyclic) bond motifs is 1. The Hall–Kier alpha value is -2.26. The van der Waals surface area contributed by atoms with Crippen molar-refractivity contribution in [3.8, 4) is 11.5 Å². The van der Waals surface area contributed by atoms with Crippen LogP contribution in [0.3, 0.4) is 0 Å². The molecule has 27 heavy (non-hydrogen) atoms. The molecular weight excluding hydrogens is 521 g/mol. The summed E-state index contributed by atoms with van der Waals surface area (Å²) in [6.07, 6.45) is 1.68. The third kappa shape index (κ3) is 3.74. The number of hydrogen-bond acceptors (Lipinski definition) is 4. The molecule has 5 nitrogen and oxygen atoms in total. The molecule has 0 fully saturated rings. The minimum absolute atomic E-state index is 0.166. The van der Waals surface area contributed by atoms with E-state index >= 15 is 0 Å². The Morgan fingerprint density at radius 3 is 2.85 bits per heavy atom. The van der Waals surface area contributed by atoms with Gasteiger partial charge in [0.2, 0.25) is 5.89 Å². The van der Waals surface area contributed by atoms with Gasteiger partial charge in [0.15, 0.2) is 11.2 Å². The highest BCUT2D eigenvalue weighted by molar-refractivity contribution is 14.1. The number of halogens is 2. The van der Waals surface area contributed by atoms with Gasteiger partial charge in [0.25, 0.3) is 5.91 Å². The van der Waals surface area contributed by atoms with E-state index in [0.717, 1.165) is 19.2 Å². The number of nitrogens with one attached hydrogen (secondary N) is 1. The van der Waals surface area contributed by atoms with E-state index in [1.54, 1.807) is 12.3 Å². The van der Waals surface area contributed by atoms with Crippen LogP contribution in [0.4, 0.5) is 5.69 Å². The van der Waals surface area contributed by atoms with E-state index < -0.39 is 0 Å². The van der Waals surface area contributed by atoms with Crippen molar-refractivity contribution < 1.29 is 9.21 Å². The molecule has 0 bridgehead atoms. The first-order valence-corrected chi connectivity index (χ1v) is 9.97. The third-order valence-corrected chi connectivity index (χ3v) is 5.50. The molecule has 7 heteroatoms. The zero-order valence-electron chi connectivity index (χ0n) is 14.2. The summed E-state index contributed by atoms with van der Waals surface area (Å²) in [5, 5.41) is 2.99. The van der Waals surface area contributed by atoms with E-state index in [1.165, 1.54) is 0 Å². The van der Waals surface area contributed by atoms with Gasteiger partial charge in [0, 0.05) is 25.5 Å². The fourth-order valence-corrected chi connectivity index (χ4v) is 3.58. The van der Waals surface area contributed by atoms with Crippen molar-refractivity contribution in [2.45, 2.75) is 6.92 Å². The zero-order valence-corrected chi connectivity index (χ0v) is 17.9. The Balaban J connectivity index is 1.68. The molecule has 0 aliphatic rings. The zero-order chi connectivity index (χ0) is 19.0. The minimum Gasteiger partial charge on any atom is -0.434 e. The van der Waals surface area contributed by atoms with Gasteiger partial charge in [0.05, 0.1) is 5.56 Å².